The number of aromatic nitrogens is 1. The summed E-state index contributed by atoms with van der Waals surface area (Å²) in [5, 5.41) is 0. The van der Waals surface area contributed by atoms with Gasteiger partial charge in [-0.1, -0.05) is 27.7 Å². The van der Waals surface area contributed by atoms with E-state index in [0.29, 0.717) is 35.6 Å². The third kappa shape index (κ3) is 5.12. The lowest BCUT2D eigenvalue weighted by atomic mass is 9.83. The standard InChI is InChI=1S/C23H35N3O2/c1-17(2)14-20(27)19-6-5-11-26(16-19)22(28)18-7-8-21(24-15-18)25-12-9-23(3,4)10-13-25/h7-8,15,17,19H,5-6,9-14,16H2,1-4H3/t19-/m0/s1. The molecule has 2 fully saturated rings. The summed E-state index contributed by atoms with van der Waals surface area (Å²) < 4.78 is 0. The average Bonchev–Trinajstić information content (AvgIpc) is 2.67. The van der Waals surface area contributed by atoms with Gasteiger partial charge in [0.2, 0.25) is 0 Å². The van der Waals surface area contributed by atoms with Gasteiger partial charge in [-0.25, -0.2) is 4.98 Å². The van der Waals surface area contributed by atoms with E-state index in [2.05, 4.69) is 37.6 Å². The van der Waals surface area contributed by atoms with Crippen molar-refractivity contribution in [2.24, 2.45) is 17.3 Å². The number of likely N-dealkylation sites (tertiary alicyclic amines) is 1. The smallest absolute Gasteiger partial charge is 0.255 e. The number of carbonyl (C=O) groups is 2. The number of carbonyl (C=O) groups excluding carboxylic acids is 2. The van der Waals surface area contributed by atoms with E-state index >= 15 is 0 Å². The van der Waals surface area contributed by atoms with Gasteiger partial charge in [0, 0.05) is 44.7 Å². The predicted octanol–water partition coefficient (Wildman–Crippen LogP) is 4.18. The minimum atomic E-state index is -0.0102. The number of nitrogens with zero attached hydrogens (tertiary/aromatic N) is 3. The van der Waals surface area contributed by atoms with Crippen molar-refractivity contribution in [2.45, 2.75) is 59.8 Å². The fourth-order valence-electron chi connectivity index (χ4n) is 4.22. The van der Waals surface area contributed by atoms with Crippen LogP contribution in [0.15, 0.2) is 18.3 Å². The zero-order valence-corrected chi connectivity index (χ0v) is 17.9. The van der Waals surface area contributed by atoms with Gasteiger partial charge in [0.15, 0.2) is 0 Å². The van der Waals surface area contributed by atoms with Crippen LogP contribution in [0.2, 0.25) is 0 Å². The van der Waals surface area contributed by atoms with Crippen LogP contribution in [-0.2, 0) is 4.79 Å². The lowest BCUT2D eigenvalue weighted by Gasteiger charge is -2.37. The normalized spacial score (nSPS) is 22.4. The maximum absolute atomic E-state index is 12.9. The van der Waals surface area contributed by atoms with Gasteiger partial charge in [0.05, 0.1) is 5.56 Å². The maximum Gasteiger partial charge on any atom is 0.255 e. The monoisotopic (exact) mass is 385 g/mol. The number of piperidine rings is 2. The Labute approximate surface area is 169 Å². The summed E-state index contributed by atoms with van der Waals surface area (Å²) in [7, 11) is 0. The molecule has 28 heavy (non-hydrogen) atoms. The van der Waals surface area contributed by atoms with Crippen LogP contribution in [0.25, 0.3) is 0 Å². The summed E-state index contributed by atoms with van der Waals surface area (Å²) in [4.78, 5) is 34.1. The molecule has 0 radical (unpaired) electrons. The van der Waals surface area contributed by atoms with E-state index in [9.17, 15) is 9.59 Å². The first-order valence-electron chi connectivity index (χ1n) is 10.8. The highest BCUT2D eigenvalue weighted by molar-refractivity contribution is 5.94. The molecule has 0 spiro atoms. The second-order valence-corrected chi connectivity index (χ2v) is 9.71. The van der Waals surface area contributed by atoms with Gasteiger partial charge >= 0.3 is 0 Å². The molecule has 154 valence electrons. The molecule has 0 N–H and O–H groups in total. The highest BCUT2D eigenvalue weighted by Gasteiger charge is 2.29. The molecule has 5 nitrogen and oxygen atoms in total. The molecule has 0 aromatic carbocycles. The minimum absolute atomic E-state index is 0.000810. The van der Waals surface area contributed by atoms with E-state index in [0.717, 1.165) is 51.1 Å². The largest absolute Gasteiger partial charge is 0.357 e. The predicted molar refractivity (Wildman–Crippen MR) is 113 cm³/mol. The highest BCUT2D eigenvalue weighted by Crippen LogP contribution is 2.31. The molecule has 1 atom stereocenters. The Kier molecular flexibility index (Phi) is 6.41. The number of anilines is 1. The van der Waals surface area contributed by atoms with E-state index in [1.807, 2.05) is 17.0 Å². The van der Waals surface area contributed by atoms with Gasteiger partial charge in [0.1, 0.15) is 11.6 Å². The number of pyridine rings is 1. The van der Waals surface area contributed by atoms with Crippen molar-refractivity contribution in [1.82, 2.24) is 9.88 Å². The lowest BCUT2D eigenvalue weighted by Crippen LogP contribution is -2.42. The van der Waals surface area contributed by atoms with Crippen LogP contribution < -0.4 is 4.90 Å². The Morgan fingerprint density at radius 3 is 2.50 bits per heavy atom. The Hall–Kier alpha value is -1.91. The molecule has 0 unspecified atom stereocenters. The zero-order valence-electron chi connectivity index (χ0n) is 17.9. The molecule has 0 saturated carbocycles. The molecule has 2 aliphatic heterocycles. The van der Waals surface area contributed by atoms with Crippen molar-refractivity contribution >= 4 is 17.5 Å². The van der Waals surface area contributed by atoms with Crippen LogP contribution in [0.3, 0.4) is 0 Å². The minimum Gasteiger partial charge on any atom is -0.357 e. The molecule has 3 rings (SSSR count). The summed E-state index contributed by atoms with van der Waals surface area (Å²) >= 11 is 0. The van der Waals surface area contributed by atoms with E-state index in [1.54, 1.807) is 6.20 Å². The molecule has 1 amide bonds. The van der Waals surface area contributed by atoms with Crippen LogP contribution in [0, 0.1) is 17.3 Å². The molecule has 2 saturated heterocycles. The highest BCUT2D eigenvalue weighted by atomic mass is 16.2. The van der Waals surface area contributed by atoms with E-state index in [-0.39, 0.29) is 11.8 Å². The second kappa shape index (κ2) is 8.62. The average molecular weight is 386 g/mol. The number of hydrogen-bond donors (Lipinski definition) is 0. The van der Waals surface area contributed by atoms with Crippen LogP contribution in [-0.4, -0.2) is 47.8 Å². The fraction of sp³-hybridized carbons (Fsp3) is 0.696. The Morgan fingerprint density at radius 1 is 1.18 bits per heavy atom. The van der Waals surface area contributed by atoms with Crippen molar-refractivity contribution in [3.8, 4) is 0 Å². The summed E-state index contributed by atoms with van der Waals surface area (Å²) in [6.45, 7) is 12.1. The van der Waals surface area contributed by atoms with Gasteiger partial charge in [-0.3, -0.25) is 9.59 Å². The van der Waals surface area contributed by atoms with Crippen LogP contribution >= 0.6 is 0 Å². The Morgan fingerprint density at radius 2 is 1.89 bits per heavy atom. The molecule has 5 heteroatoms. The third-order valence-electron chi connectivity index (χ3n) is 6.21. The van der Waals surface area contributed by atoms with Crippen LogP contribution in [0.5, 0.6) is 0 Å². The molecule has 1 aromatic rings. The first-order valence-corrected chi connectivity index (χ1v) is 10.8. The molecular weight excluding hydrogens is 350 g/mol. The van der Waals surface area contributed by atoms with Crippen molar-refractivity contribution in [3.63, 3.8) is 0 Å². The first-order chi connectivity index (χ1) is 13.2. The number of amides is 1. The molecule has 3 heterocycles. The van der Waals surface area contributed by atoms with Crippen molar-refractivity contribution in [1.29, 1.82) is 0 Å². The topological polar surface area (TPSA) is 53.5 Å². The summed E-state index contributed by atoms with van der Waals surface area (Å²) in [5.74, 6) is 1.62. The summed E-state index contributed by atoms with van der Waals surface area (Å²) in [6.07, 6.45) is 6.43. The van der Waals surface area contributed by atoms with Gasteiger partial charge in [-0.2, -0.15) is 0 Å². The molecule has 0 bridgehead atoms. The zero-order chi connectivity index (χ0) is 20.3. The summed E-state index contributed by atoms with van der Waals surface area (Å²) in [6, 6.07) is 3.86. The van der Waals surface area contributed by atoms with E-state index in [4.69, 9.17) is 0 Å². The molecule has 0 aliphatic carbocycles. The lowest BCUT2D eigenvalue weighted by molar-refractivity contribution is -0.124. The second-order valence-electron chi connectivity index (χ2n) is 9.71. The molecule has 2 aliphatic rings. The van der Waals surface area contributed by atoms with Gasteiger partial charge in [-0.05, 0) is 49.1 Å². The molecule has 1 aromatic heterocycles. The van der Waals surface area contributed by atoms with Crippen LogP contribution in [0.1, 0.15) is 70.2 Å². The number of Topliss-reactive ketones (excluding diaryl/α,β-unsaturated/α-hetero) is 1. The van der Waals surface area contributed by atoms with Crippen molar-refractivity contribution < 1.29 is 9.59 Å². The summed E-state index contributed by atoms with van der Waals surface area (Å²) in [5.41, 5.74) is 1.03. The fourth-order valence-corrected chi connectivity index (χ4v) is 4.22. The SMILES string of the molecule is CC(C)CC(=O)[C@H]1CCCN(C(=O)c2ccc(N3CCC(C)(C)CC3)nc2)C1. The third-order valence-corrected chi connectivity index (χ3v) is 6.21. The van der Waals surface area contributed by atoms with Crippen molar-refractivity contribution in [2.75, 3.05) is 31.1 Å². The maximum atomic E-state index is 12.9. The Bertz CT molecular complexity index is 686. The van der Waals surface area contributed by atoms with Gasteiger partial charge < -0.3 is 9.80 Å². The van der Waals surface area contributed by atoms with Gasteiger partial charge in [0.25, 0.3) is 5.91 Å². The Balaban J connectivity index is 1.60. The van der Waals surface area contributed by atoms with E-state index < -0.39 is 0 Å². The first kappa shape index (κ1) is 20.8. The van der Waals surface area contributed by atoms with E-state index in [1.165, 1.54) is 0 Å². The quantitative estimate of drug-likeness (QED) is 0.763. The van der Waals surface area contributed by atoms with Gasteiger partial charge in [-0.15, -0.1) is 0 Å². The number of ketones is 1. The number of hydrogen-bond acceptors (Lipinski definition) is 4. The van der Waals surface area contributed by atoms with Crippen molar-refractivity contribution in [3.05, 3.63) is 23.9 Å². The molecular formula is C23H35N3O2. The number of rotatable bonds is 5. The van der Waals surface area contributed by atoms with Crippen LogP contribution in [0.4, 0.5) is 5.82 Å².